The number of methoxy groups -OCH3 is 2. The molecule has 0 aliphatic heterocycles. The van der Waals surface area contributed by atoms with Crippen molar-refractivity contribution in [1.29, 1.82) is 0 Å². The molecule has 6 nitrogen and oxygen atoms in total. The lowest BCUT2D eigenvalue weighted by Crippen LogP contribution is -2.01. The normalized spacial score (nSPS) is 11.0. The number of aromatic nitrogens is 3. The third-order valence-corrected chi connectivity index (χ3v) is 4.83. The summed E-state index contributed by atoms with van der Waals surface area (Å²) in [6.45, 7) is 0. The van der Waals surface area contributed by atoms with Gasteiger partial charge in [-0.1, -0.05) is 30.3 Å². The molecule has 0 aliphatic carbocycles. The van der Waals surface area contributed by atoms with Crippen LogP contribution in [0.4, 0.5) is 0 Å². The molecule has 0 saturated heterocycles. The van der Waals surface area contributed by atoms with E-state index in [-0.39, 0.29) is 0 Å². The van der Waals surface area contributed by atoms with Gasteiger partial charge in [0.05, 0.1) is 24.9 Å². The maximum absolute atomic E-state index is 5.39. The van der Waals surface area contributed by atoms with Crippen LogP contribution in [-0.2, 0) is 6.42 Å². The third-order valence-electron chi connectivity index (χ3n) is 3.75. The monoisotopic (exact) mass is 432 g/mol. The molecular formula is C18H17BrN4O2S. The standard InChI is InChI=1S/C18H17BrN4O2S/c1-24-14-9-8-13(16(19)17(14)25-2)11-20-23-15(21-22-18(23)26)10-12-6-4-3-5-7-12/h3-9,11H,10H2,1-2H3,(H,22,26)/b20-11-. The predicted molar refractivity (Wildman–Crippen MR) is 107 cm³/mol. The summed E-state index contributed by atoms with van der Waals surface area (Å²) in [6, 6.07) is 13.7. The van der Waals surface area contributed by atoms with E-state index in [4.69, 9.17) is 21.7 Å². The fourth-order valence-corrected chi connectivity index (χ4v) is 3.25. The van der Waals surface area contributed by atoms with Gasteiger partial charge in [-0.15, -0.1) is 0 Å². The smallest absolute Gasteiger partial charge is 0.216 e. The average Bonchev–Trinajstić information content (AvgIpc) is 3.00. The van der Waals surface area contributed by atoms with Gasteiger partial charge in [0.25, 0.3) is 0 Å². The van der Waals surface area contributed by atoms with Crippen LogP contribution in [0, 0.1) is 4.77 Å². The molecule has 3 aromatic rings. The van der Waals surface area contributed by atoms with E-state index in [9.17, 15) is 0 Å². The molecule has 0 aliphatic rings. The molecule has 8 heteroatoms. The lowest BCUT2D eigenvalue weighted by Gasteiger charge is -2.10. The second-order valence-electron chi connectivity index (χ2n) is 5.37. The third kappa shape index (κ3) is 3.86. The van der Waals surface area contributed by atoms with Crippen LogP contribution in [0.2, 0.25) is 0 Å². The summed E-state index contributed by atoms with van der Waals surface area (Å²) in [4.78, 5) is 0. The van der Waals surface area contributed by atoms with Crippen LogP contribution < -0.4 is 9.47 Å². The van der Waals surface area contributed by atoms with E-state index < -0.39 is 0 Å². The molecule has 1 heterocycles. The van der Waals surface area contributed by atoms with Crippen LogP contribution in [0.3, 0.4) is 0 Å². The number of nitrogens with one attached hydrogen (secondary N) is 1. The molecule has 3 rings (SSSR count). The van der Waals surface area contributed by atoms with Crippen molar-refractivity contribution >= 4 is 34.4 Å². The van der Waals surface area contributed by atoms with Gasteiger partial charge in [0.2, 0.25) is 4.77 Å². The van der Waals surface area contributed by atoms with Gasteiger partial charge in [-0.3, -0.25) is 5.10 Å². The first-order valence-electron chi connectivity index (χ1n) is 7.79. The number of rotatable bonds is 6. The topological polar surface area (TPSA) is 64.4 Å². The van der Waals surface area contributed by atoms with Gasteiger partial charge in [0.1, 0.15) is 0 Å². The van der Waals surface area contributed by atoms with Gasteiger partial charge in [-0.2, -0.15) is 14.9 Å². The van der Waals surface area contributed by atoms with Crippen LogP contribution in [-0.4, -0.2) is 35.3 Å². The Morgan fingerprint density at radius 3 is 2.65 bits per heavy atom. The molecule has 0 fully saturated rings. The minimum Gasteiger partial charge on any atom is -0.493 e. The molecule has 0 spiro atoms. The summed E-state index contributed by atoms with van der Waals surface area (Å²) in [5.74, 6) is 1.98. The van der Waals surface area contributed by atoms with E-state index in [1.165, 1.54) is 0 Å². The number of hydrogen-bond acceptors (Lipinski definition) is 5. The Hall–Kier alpha value is -2.45. The highest BCUT2D eigenvalue weighted by Gasteiger charge is 2.12. The van der Waals surface area contributed by atoms with Crippen molar-refractivity contribution in [2.24, 2.45) is 5.10 Å². The molecule has 26 heavy (non-hydrogen) atoms. The van der Waals surface area contributed by atoms with Gasteiger partial charge in [-0.25, -0.2) is 0 Å². The van der Waals surface area contributed by atoms with E-state index in [1.54, 1.807) is 25.1 Å². The molecule has 0 saturated carbocycles. The van der Waals surface area contributed by atoms with Gasteiger partial charge in [0, 0.05) is 12.0 Å². The molecule has 0 radical (unpaired) electrons. The summed E-state index contributed by atoms with van der Waals surface area (Å²) in [6.07, 6.45) is 2.32. The molecule has 1 aromatic heterocycles. The quantitative estimate of drug-likeness (QED) is 0.468. The van der Waals surface area contributed by atoms with Crippen LogP contribution in [0.5, 0.6) is 11.5 Å². The van der Waals surface area contributed by atoms with Gasteiger partial charge in [-0.05, 0) is 45.8 Å². The average molecular weight is 433 g/mol. The van der Waals surface area contributed by atoms with Crippen LogP contribution in [0.25, 0.3) is 0 Å². The first kappa shape index (κ1) is 18.3. The van der Waals surface area contributed by atoms with E-state index in [2.05, 4.69) is 31.2 Å². The first-order chi connectivity index (χ1) is 12.6. The highest BCUT2D eigenvalue weighted by molar-refractivity contribution is 9.10. The summed E-state index contributed by atoms with van der Waals surface area (Å²) < 4.78 is 13.5. The molecule has 0 unspecified atom stereocenters. The van der Waals surface area contributed by atoms with Crippen molar-refractivity contribution < 1.29 is 9.47 Å². The number of hydrogen-bond donors (Lipinski definition) is 1. The Bertz CT molecular complexity index is 983. The summed E-state index contributed by atoms with van der Waals surface area (Å²) >= 11 is 8.83. The van der Waals surface area contributed by atoms with Crippen LogP contribution in [0.15, 0.2) is 52.0 Å². The summed E-state index contributed by atoms with van der Waals surface area (Å²) in [7, 11) is 3.19. The number of benzene rings is 2. The van der Waals surface area contributed by atoms with Crippen molar-refractivity contribution in [3.63, 3.8) is 0 Å². The minimum absolute atomic E-state index is 0.434. The van der Waals surface area contributed by atoms with Gasteiger partial charge < -0.3 is 9.47 Å². The number of aromatic amines is 1. The van der Waals surface area contributed by atoms with E-state index in [1.807, 2.05) is 42.5 Å². The van der Waals surface area contributed by atoms with Crippen molar-refractivity contribution in [1.82, 2.24) is 14.9 Å². The Labute approximate surface area is 164 Å². The van der Waals surface area contributed by atoms with Crippen molar-refractivity contribution in [2.75, 3.05) is 14.2 Å². The van der Waals surface area contributed by atoms with Crippen LogP contribution >= 0.6 is 28.1 Å². The maximum atomic E-state index is 5.39. The van der Waals surface area contributed by atoms with E-state index in [0.29, 0.717) is 22.7 Å². The predicted octanol–water partition coefficient (Wildman–Crippen LogP) is 4.19. The van der Waals surface area contributed by atoms with Gasteiger partial charge in [0.15, 0.2) is 17.3 Å². The molecule has 134 valence electrons. The van der Waals surface area contributed by atoms with E-state index in [0.717, 1.165) is 21.4 Å². The molecule has 1 N–H and O–H groups in total. The zero-order chi connectivity index (χ0) is 18.5. The number of H-pyrrole nitrogens is 1. The Kier molecular flexibility index (Phi) is 5.85. The highest BCUT2D eigenvalue weighted by atomic mass is 79.9. The van der Waals surface area contributed by atoms with Gasteiger partial charge >= 0.3 is 0 Å². The van der Waals surface area contributed by atoms with Crippen molar-refractivity contribution in [2.45, 2.75) is 6.42 Å². The Morgan fingerprint density at radius 1 is 1.19 bits per heavy atom. The molecule has 2 aromatic carbocycles. The van der Waals surface area contributed by atoms with Crippen molar-refractivity contribution in [3.8, 4) is 11.5 Å². The molecule has 0 bridgehead atoms. The Balaban J connectivity index is 1.92. The summed E-state index contributed by atoms with van der Waals surface area (Å²) in [5.41, 5.74) is 1.96. The largest absolute Gasteiger partial charge is 0.493 e. The fourth-order valence-electron chi connectivity index (χ4n) is 2.46. The molecule has 0 amide bonds. The maximum Gasteiger partial charge on any atom is 0.216 e. The minimum atomic E-state index is 0.434. The second kappa shape index (κ2) is 8.29. The van der Waals surface area contributed by atoms with E-state index >= 15 is 0 Å². The molecule has 0 atom stereocenters. The number of ether oxygens (including phenoxy) is 2. The lowest BCUT2D eigenvalue weighted by molar-refractivity contribution is 0.353. The Morgan fingerprint density at radius 2 is 1.96 bits per heavy atom. The van der Waals surface area contributed by atoms with Crippen molar-refractivity contribution in [3.05, 3.63) is 68.7 Å². The lowest BCUT2D eigenvalue weighted by atomic mass is 10.1. The zero-order valence-corrected chi connectivity index (χ0v) is 16.7. The molecular weight excluding hydrogens is 416 g/mol. The fraction of sp³-hybridized carbons (Fsp3) is 0.167. The number of halogens is 1. The van der Waals surface area contributed by atoms with Crippen LogP contribution in [0.1, 0.15) is 17.0 Å². The number of nitrogens with zero attached hydrogens (tertiary/aromatic N) is 3. The summed E-state index contributed by atoms with van der Waals surface area (Å²) in [5, 5.41) is 11.6. The first-order valence-corrected chi connectivity index (χ1v) is 8.99. The highest BCUT2D eigenvalue weighted by Crippen LogP contribution is 2.36. The zero-order valence-electron chi connectivity index (χ0n) is 14.3. The SMILES string of the molecule is COc1ccc(/C=N\n2c(Cc3ccccc3)n[nH]c2=S)c(Br)c1OC. The second-order valence-corrected chi connectivity index (χ2v) is 6.55.